The summed E-state index contributed by atoms with van der Waals surface area (Å²) in [6.07, 6.45) is 0. The summed E-state index contributed by atoms with van der Waals surface area (Å²) in [5, 5.41) is 10.1. The molecule has 0 N–H and O–H groups in total. The van der Waals surface area contributed by atoms with E-state index in [4.69, 9.17) is 10.00 Å². The number of rotatable bonds is 2. The Morgan fingerprint density at radius 1 is 0.895 bits per heavy atom. The summed E-state index contributed by atoms with van der Waals surface area (Å²) in [7, 11) is 0. The molecule has 3 aromatic rings. The number of aromatic nitrogens is 1. The SMILES string of the molecule is N#Cc1ccccc1Oc1ccc2ccccc2n1. The lowest BCUT2D eigenvalue weighted by Gasteiger charge is -2.06. The topological polar surface area (TPSA) is 45.9 Å². The second kappa shape index (κ2) is 4.79. The fraction of sp³-hybridized carbons (Fsp3) is 0. The Bertz CT molecular complexity index is 775. The van der Waals surface area contributed by atoms with Crippen LogP contribution in [-0.4, -0.2) is 4.98 Å². The van der Waals surface area contributed by atoms with E-state index in [2.05, 4.69) is 11.1 Å². The molecule has 90 valence electrons. The molecule has 1 aromatic heterocycles. The zero-order chi connectivity index (χ0) is 13.1. The maximum absolute atomic E-state index is 9.02. The van der Waals surface area contributed by atoms with Crippen molar-refractivity contribution in [1.82, 2.24) is 4.98 Å². The van der Waals surface area contributed by atoms with Crippen molar-refractivity contribution in [3.63, 3.8) is 0 Å². The van der Waals surface area contributed by atoms with Crippen molar-refractivity contribution in [2.45, 2.75) is 0 Å². The smallest absolute Gasteiger partial charge is 0.219 e. The summed E-state index contributed by atoms with van der Waals surface area (Å²) < 4.78 is 5.67. The zero-order valence-electron chi connectivity index (χ0n) is 10.1. The second-order valence-corrected chi connectivity index (χ2v) is 4.05. The van der Waals surface area contributed by atoms with Gasteiger partial charge in [-0.05, 0) is 24.3 Å². The predicted molar refractivity (Wildman–Crippen MR) is 73.0 cm³/mol. The van der Waals surface area contributed by atoms with E-state index in [0.717, 1.165) is 10.9 Å². The molecule has 0 bridgehead atoms. The van der Waals surface area contributed by atoms with Crippen LogP contribution in [0.15, 0.2) is 60.7 Å². The molecule has 3 heteroatoms. The highest BCUT2D eigenvalue weighted by Crippen LogP contribution is 2.24. The third-order valence-electron chi connectivity index (χ3n) is 2.79. The summed E-state index contributed by atoms with van der Waals surface area (Å²) in [5.41, 5.74) is 1.37. The Labute approximate surface area is 110 Å². The fourth-order valence-electron chi connectivity index (χ4n) is 1.86. The van der Waals surface area contributed by atoms with E-state index in [1.807, 2.05) is 36.4 Å². The number of pyridine rings is 1. The van der Waals surface area contributed by atoms with Gasteiger partial charge in [-0.1, -0.05) is 30.3 Å². The van der Waals surface area contributed by atoms with Gasteiger partial charge in [0.15, 0.2) is 0 Å². The first kappa shape index (κ1) is 11.2. The van der Waals surface area contributed by atoms with Crippen molar-refractivity contribution in [2.24, 2.45) is 0 Å². The monoisotopic (exact) mass is 246 g/mol. The minimum atomic E-state index is 0.487. The highest BCUT2D eigenvalue weighted by molar-refractivity contribution is 5.78. The summed E-state index contributed by atoms with van der Waals surface area (Å²) in [6.45, 7) is 0. The molecule has 0 saturated heterocycles. The van der Waals surface area contributed by atoms with Crippen LogP contribution in [0.2, 0.25) is 0 Å². The van der Waals surface area contributed by atoms with Crippen LogP contribution in [0.4, 0.5) is 0 Å². The van der Waals surface area contributed by atoms with Crippen molar-refractivity contribution in [3.05, 3.63) is 66.2 Å². The van der Waals surface area contributed by atoms with Gasteiger partial charge in [-0.2, -0.15) is 5.26 Å². The van der Waals surface area contributed by atoms with Gasteiger partial charge in [0.05, 0.1) is 11.1 Å². The molecule has 19 heavy (non-hydrogen) atoms. The van der Waals surface area contributed by atoms with E-state index >= 15 is 0 Å². The minimum Gasteiger partial charge on any atom is -0.438 e. The molecular weight excluding hydrogens is 236 g/mol. The quantitative estimate of drug-likeness (QED) is 0.688. The molecule has 0 aliphatic rings. The number of hydrogen-bond donors (Lipinski definition) is 0. The molecule has 0 atom stereocenters. The number of fused-ring (bicyclic) bond motifs is 1. The summed E-state index contributed by atoms with van der Waals surface area (Å²) in [5.74, 6) is 1.01. The molecule has 0 unspecified atom stereocenters. The van der Waals surface area contributed by atoms with Crippen molar-refractivity contribution < 1.29 is 4.74 Å². The Morgan fingerprint density at radius 3 is 2.58 bits per heavy atom. The summed E-state index contributed by atoms with van der Waals surface area (Å²) in [4.78, 5) is 4.41. The van der Waals surface area contributed by atoms with Crippen LogP contribution in [-0.2, 0) is 0 Å². The number of para-hydroxylation sites is 2. The average molecular weight is 246 g/mol. The predicted octanol–water partition coefficient (Wildman–Crippen LogP) is 3.90. The van der Waals surface area contributed by atoms with Gasteiger partial charge in [-0.3, -0.25) is 0 Å². The van der Waals surface area contributed by atoms with Gasteiger partial charge in [-0.25, -0.2) is 4.98 Å². The van der Waals surface area contributed by atoms with Crippen LogP contribution >= 0.6 is 0 Å². The van der Waals surface area contributed by atoms with E-state index in [-0.39, 0.29) is 0 Å². The Kier molecular flexibility index (Phi) is 2.83. The summed E-state index contributed by atoms with van der Waals surface area (Å²) in [6, 6.07) is 20.8. The Balaban J connectivity index is 1.99. The van der Waals surface area contributed by atoms with Gasteiger partial charge in [0.1, 0.15) is 11.8 Å². The maximum atomic E-state index is 9.02. The van der Waals surface area contributed by atoms with Crippen molar-refractivity contribution in [2.75, 3.05) is 0 Å². The van der Waals surface area contributed by atoms with Gasteiger partial charge in [0, 0.05) is 11.5 Å². The lowest BCUT2D eigenvalue weighted by atomic mass is 10.2. The third kappa shape index (κ3) is 2.24. The molecule has 2 aromatic carbocycles. The van der Waals surface area contributed by atoms with Gasteiger partial charge >= 0.3 is 0 Å². The van der Waals surface area contributed by atoms with Gasteiger partial charge in [0.2, 0.25) is 5.88 Å². The molecule has 3 nitrogen and oxygen atoms in total. The first-order valence-corrected chi connectivity index (χ1v) is 5.89. The maximum Gasteiger partial charge on any atom is 0.219 e. The number of benzene rings is 2. The van der Waals surface area contributed by atoms with Crippen LogP contribution < -0.4 is 4.74 Å². The lowest BCUT2D eigenvalue weighted by Crippen LogP contribution is -1.90. The fourth-order valence-corrected chi connectivity index (χ4v) is 1.86. The molecule has 0 fully saturated rings. The van der Waals surface area contributed by atoms with Gasteiger partial charge < -0.3 is 4.74 Å². The first-order chi connectivity index (χ1) is 9.36. The third-order valence-corrected chi connectivity index (χ3v) is 2.79. The Morgan fingerprint density at radius 2 is 1.68 bits per heavy atom. The molecule has 0 saturated carbocycles. The van der Waals surface area contributed by atoms with Crippen LogP contribution in [0.1, 0.15) is 5.56 Å². The van der Waals surface area contributed by atoms with E-state index < -0.39 is 0 Å². The first-order valence-electron chi connectivity index (χ1n) is 5.89. The molecule has 0 radical (unpaired) electrons. The van der Waals surface area contributed by atoms with Crippen LogP contribution in [0, 0.1) is 11.3 Å². The zero-order valence-corrected chi connectivity index (χ0v) is 10.1. The van der Waals surface area contributed by atoms with E-state index in [1.54, 1.807) is 24.3 Å². The Hall–Kier alpha value is -2.86. The second-order valence-electron chi connectivity index (χ2n) is 4.05. The van der Waals surface area contributed by atoms with Crippen LogP contribution in [0.5, 0.6) is 11.6 Å². The minimum absolute atomic E-state index is 0.487. The van der Waals surface area contributed by atoms with E-state index in [1.165, 1.54) is 0 Å². The average Bonchev–Trinajstić information content (AvgIpc) is 2.48. The number of ether oxygens (including phenoxy) is 1. The molecule has 1 heterocycles. The number of hydrogen-bond acceptors (Lipinski definition) is 3. The van der Waals surface area contributed by atoms with Crippen LogP contribution in [0.25, 0.3) is 10.9 Å². The number of nitrogens with zero attached hydrogens (tertiary/aromatic N) is 2. The molecule has 0 aliphatic carbocycles. The van der Waals surface area contributed by atoms with Crippen molar-refractivity contribution >= 4 is 10.9 Å². The van der Waals surface area contributed by atoms with Gasteiger partial charge in [0.25, 0.3) is 0 Å². The lowest BCUT2D eigenvalue weighted by molar-refractivity contribution is 0.463. The van der Waals surface area contributed by atoms with E-state index in [9.17, 15) is 0 Å². The molecule has 0 aliphatic heterocycles. The molecule has 0 amide bonds. The molecule has 0 spiro atoms. The summed E-state index contributed by atoms with van der Waals surface area (Å²) >= 11 is 0. The molecular formula is C16H10N2O. The van der Waals surface area contributed by atoms with Crippen molar-refractivity contribution in [3.8, 4) is 17.7 Å². The normalized spacial score (nSPS) is 10.1. The molecule has 3 rings (SSSR count). The van der Waals surface area contributed by atoms with Crippen molar-refractivity contribution in [1.29, 1.82) is 5.26 Å². The largest absolute Gasteiger partial charge is 0.438 e. The van der Waals surface area contributed by atoms with Gasteiger partial charge in [-0.15, -0.1) is 0 Å². The van der Waals surface area contributed by atoms with E-state index in [0.29, 0.717) is 17.2 Å². The number of nitriles is 1. The standard InChI is InChI=1S/C16H10N2O/c17-11-13-6-2-4-8-15(13)19-16-10-9-12-5-1-3-7-14(12)18-16/h1-10H. The van der Waals surface area contributed by atoms with Crippen LogP contribution in [0.3, 0.4) is 0 Å². The highest BCUT2D eigenvalue weighted by Gasteiger charge is 2.05. The highest BCUT2D eigenvalue weighted by atomic mass is 16.5.